The van der Waals surface area contributed by atoms with Crippen molar-refractivity contribution in [1.82, 2.24) is 0 Å². The molecule has 0 spiro atoms. The predicted molar refractivity (Wildman–Crippen MR) is 172 cm³/mol. The molecule has 0 aromatic carbocycles. The molecule has 39 heavy (non-hydrogen) atoms. The molecular formula is C30H62O6SSi2. The van der Waals surface area contributed by atoms with E-state index < -0.39 is 26.5 Å². The zero-order chi connectivity index (χ0) is 30.6. The molecule has 0 aliphatic rings. The maximum atomic E-state index is 13.2. The van der Waals surface area contributed by atoms with Gasteiger partial charge < -0.3 is 18.3 Å². The summed E-state index contributed by atoms with van der Waals surface area (Å²) < 4.78 is 50.3. The van der Waals surface area contributed by atoms with Crippen LogP contribution in [0.2, 0.25) is 33.2 Å². The highest BCUT2D eigenvalue weighted by molar-refractivity contribution is 7.98. The Morgan fingerprint density at radius 3 is 1.03 bits per heavy atom. The monoisotopic (exact) mass is 606 g/mol. The predicted octanol–water partition coefficient (Wildman–Crippen LogP) is 9.32. The van der Waals surface area contributed by atoms with E-state index in [4.69, 9.17) is 18.3 Å². The van der Waals surface area contributed by atoms with E-state index in [1.165, 1.54) is 14.2 Å². The van der Waals surface area contributed by atoms with Crippen LogP contribution in [0.3, 0.4) is 0 Å². The molecule has 9 heteroatoms. The van der Waals surface area contributed by atoms with Gasteiger partial charge in [0.05, 0.1) is 14.2 Å². The van der Waals surface area contributed by atoms with E-state index in [1.54, 1.807) is 12.2 Å². The van der Waals surface area contributed by atoms with Crippen LogP contribution in [0.15, 0.2) is 22.3 Å². The number of unbranched alkanes of at least 4 members (excludes halogenated alkanes) is 2. The van der Waals surface area contributed by atoms with Crippen LogP contribution in [0.4, 0.5) is 0 Å². The van der Waals surface area contributed by atoms with Gasteiger partial charge in [-0.15, -0.1) is 0 Å². The number of hydrogen-bond donors (Lipinski definition) is 0. The molecule has 0 radical (unpaired) electrons. The molecular weight excluding hydrogens is 545 g/mol. The molecule has 0 aromatic heterocycles. The number of allylic oxidation sites excluding steroid dienone is 2. The summed E-state index contributed by atoms with van der Waals surface area (Å²) in [6, 6.07) is 0. The standard InChI is InChI=1S/C30H62O6SSi2/c1-23(2)38(24(3)4,25(5)6)35-21-17-15-19-29(33-13)37(31,32)30(34-14)20-16-18-22-36-39(26(7)8,27(9)10)28(11)12/h19-20,23-28H,15-18,21-22H2,1-14H3/b29-19+,30-20+. The van der Waals surface area contributed by atoms with Crippen LogP contribution < -0.4 is 0 Å². The summed E-state index contributed by atoms with van der Waals surface area (Å²) in [7, 11) is -4.94. The lowest BCUT2D eigenvalue weighted by Gasteiger charge is -2.42. The smallest absolute Gasteiger partial charge is 0.270 e. The summed E-state index contributed by atoms with van der Waals surface area (Å²) in [5.74, 6) is 0. The van der Waals surface area contributed by atoms with Crippen molar-refractivity contribution < 1.29 is 26.7 Å². The molecule has 0 heterocycles. The summed E-state index contributed by atoms with van der Waals surface area (Å²) in [4.78, 5) is 0. The van der Waals surface area contributed by atoms with E-state index in [0.29, 0.717) is 59.3 Å². The van der Waals surface area contributed by atoms with Crippen LogP contribution in [0.25, 0.3) is 0 Å². The summed E-state index contributed by atoms with van der Waals surface area (Å²) in [5, 5.41) is -0.143. The Hall–Kier alpha value is -0.616. The second-order valence-corrected chi connectivity index (χ2v) is 25.3. The molecule has 0 aliphatic carbocycles. The minimum atomic E-state index is -3.86. The number of ether oxygens (including phenoxy) is 2. The van der Waals surface area contributed by atoms with E-state index >= 15 is 0 Å². The summed E-state index contributed by atoms with van der Waals surface area (Å²) in [6.45, 7) is 28.5. The molecule has 6 nitrogen and oxygen atoms in total. The van der Waals surface area contributed by atoms with Gasteiger partial charge in [-0.05, 0) is 71.1 Å². The average molecular weight is 607 g/mol. The molecule has 232 valence electrons. The van der Waals surface area contributed by atoms with E-state index in [0.717, 1.165) is 12.8 Å². The normalized spacial score (nSPS) is 14.6. The van der Waals surface area contributed by atoms with Crippen molar-refractivity contribution in [3.63, 3.8) is 0 Å². The Kier molecular flexibility index (Phi) is 17.1. The maximum absolute atomic E-state index is 13.2. The van der Waals surface area contributed by atoms with Crippen LogP contribution in [0.1, 0.15) is 109 Å². The third-order valence-corrected chi connectivity index (χ3v) is 22.3. The summed E-state index contributed by atoms with van der Waals surface area (Å²) in [6.07, 6.45) is 5.87. The van der Waals surface area contributed by atoms with Gasteiger partial charge in [0.15, 0.2) is 16.6 Å². The van der Waals surface area contributed by atoms with Gasteiger partial charge in [0, 0.05) is 13.2 Å². The second-order valence-electron chi connectivity index (χ2n) is 12.6. The fourth-order valence-corrected chi connectivity index (χ4v) is 19.1. The van der Waals surface area contributed by atoms with E-state index in [2.05, 4.69) is 83.1 Å². The second kappa shape index (κ2) is 17.4. The van der Waals surface area contributed by atoms with Crippen molar-refractivity contribution in [1.29, 1.82) is 0 Å². The zero-order valence-corrected chi connectivity index (χ0v) is 30.5. The van der Waals surface area contributed by atoms with E-state index in [1.807, 2.05) is 0 Å². The van der Waals surface area contributed by atoms with Crippen molar-refractivity contribution in [3.05, 3.63) is 22.3 Å². The van der Waals surface area contributed by atoms with Crippen molar-refractivity contribution in [2.75, 3.05) is 27.4 Å². The SMILES string of the molecule is CO/C(=C\CCCO[Si](C(C)C)(C(C)C)C(C)C)S(=O)(=O)/C(=C/CCCO[Si](C(C)C)(C(C)C)C(C)C)OC. The van der Waals surface area contributed by atoms with Crippen LogP contribution in [-0.4, -0.2) is 52.5 Å². The van der Waals surface area contributed by atoms with Gasteiger partial charge in [-0.1, -0.05) is 83.1 Å². The quantitative estimate of drug-likeness (QED) is 0.0781. The highest BCUT2D eigenvalue weighted by Crippen LogP contribution is 2.43. The van der Waals surface area contributed by atoms with Crippen LogP contribution in [-0.2, 0) is 28.2 Å². The molecule has 0 bridgehead atoms. The molecule has 0 unspecified atom stereocenters. The Morgan fingerprint density at radius 2 is 0.821 bits per heavy atom. The summed E-state index contributed by atoms with van der Waals surface area (Å²) >= 11 is 0. The molecule has 0 saturated carbocycles. The Morgan fingerprint density at radius 1 is 0.564 bits per heavy atom. The maximum Gasteiger partial charge on any atom is 0.270 e. The number of sulfone groups is 1. The van der Waals surface area contributed by atoms with Gasteiger partial charge in [0.2, 0.25) is 10.2 Å². The number of methoxy groups -OCH3 is 2. The van der Waals surface area contributed by atoms with Crippen molar-refractivity contribution in [2.45, 2.75) is 142 Å². The van der Waals surface area contributed by atoms with Crippen LogP contribution >= 0.6 is 0 Å². The molecule has 0 rings (SSSR count). The van der Waals surface area contributed by atoms with Crippen molar-refractivity contribution in [2.24, 2.45) is 0 Å². The molecule has 0 fully saturated rings. The zero-order valence-electron chi connectivity index (χ0n) is 27.7. The highest BCUT2D eigenvalue weighted by atomic mass is 32.2. The lowest BCUT2D eigenvalue weighted by atomic mass is 10.3. The molecule has 0 saturated heterocycles. The van der Waals surface area contributed by atoms with Gasteiger partial charge in [0.1, 0.15) is 0 Å². The topological polar surface area (TPSA) is 71.1 Å². The van der Waals surface area contributed by atoms with E-state index in [-0.39, 0.29) is 10.2 Å². The first-order chi connectivity index (χ1) is 18.0. The van der Waals surface area contributed by atoms with Gasteiger partial charge >= 0.3 is 0 Å². The van der Waals surface area contributed by atoms with Crippen molar-refractivity contribution >= 4 is 26.5 Å². The largest absolute Gasteiger partial charge is 0.486 e. The number of rotatable bonds is 20. The van der Waals surface area contributed by atoms with Crippen LogP contribution in [0, 0.1) is 0 Å². The minimum absolute atomic E-state index is 0.0715. The number of hydrogen-bond acceptors (Lipinski definition) is 6. The van der Waals surface area contributed by atoms with Crippen molar-refractivity contribution in [3.8, 4) is 0 Å². The Balaban J connectivity index is 5.31. The first-order valence-corrected chi connectivity index (χ1v) is 20.8. The Bertz CT molecular complexity index is 753. The minimum Gasteiger partial charge on any atom is -0.486 e. The molecule has 0 atom stereocenters. The molecule has 0 aliphatic heterocycles. The third-order valence-electron chi connectivity index (χ3n) is 8.37. The Labute approximate surface area is 244 Å². The van der Waals surface area contributed by atoms with Gasteiger partial charge in [-0.25, -0.2) is 8.42 Å². The van der Waals surface area contributed by atoms with Crippen LogP contribution in [0.5, 0.6) is 0 Å². The molecule has 0 amide bonds. The highest BCUT2D eigenvalue weighted by Gasteiger charge is 2.45. The van der Waals surface area contributed by atoms with Gasteiger partial charge in [0.25, 0.3) is 9.84 Å². The lowest BCUT2D eigenvalue weighted by molar-refractivity contribution is 0.270. The first-order valence-electron chi connectivity index (χ1n) is 15.0. The van der Waals surface area contributed by atoms with E-state index in [9.17, 15) is 8.42 Å². The third kappa shape index (κ3) is 9.72. The first kappa shape index (κ1) is 38.4. The fraction of sp³-hybridized carbons (Fsp3) is 0.867. The lowest BCUT2D eigenvalue weighted by Crippen LogP contribution is -2.47. The fourth-order valence-electron chi connectivity index (χ4n) is 6.81. The van der Waals surface area contributed by atoms with Gasteiger partial charge in [-0.3, -0.25) is 0 Å². The average Bonchev–Trinajstić information content (AvgIpc) is 2.81. The molecule has 0 aromatic rings. The summed E-state index contributed by atoms with van der Waals surface area (Å²) in [5.41, 5.74) is 3.10. The van der Waals surface area contributed by atoms with Gasteiger partial charge in [-0.2, -0.15) is 0 Å². The molecule has 0 N–H and O–H groups in total.